The normalized spacial score (nSPS) is 20.3. The Kier molecular flexibility index (Phi) is 14.2. The fourth-order valence-electron chi connectivity index (χ4n) is 2.54. The summed E-state index contributed by atoms with van der Waals surface area (Å²) in [6, 6.07) is 0. The molecular formula is C24H38O2. The van der Waals surface area contributed by atoms with E-state index in [0.717, 1.165) is 24.4 Å². The second kappa shape index (κ2) is 15.3. The molecule has 0 heterocycles. The van der Waals surface area contributed by atoms with Gasteiger partial charge in [-0.25, -0.2) is 0 Å². The summed E-state index contributed by atoms with van der Waals surface area (Å²) >= 11 is 0. The van der Waals surface area contributed by atoms with Crippen LogP contribution >= 0.6 is 0 Å². The van der Waals surface area contributed by atoms with Crippen LogP contribution in [0.2, 0.25) is 0 Å². The Labute approximate surface area is 161 Å². The third-order valence-electron chi connectivity index (χ3n) is 3.74. The summed E-state index contributed by atoms with van der Waals surface area (Å²) in [7, 11) is 0. The van der Waals surface area contributed by atoms with Gasteiger partial charge in [0.2, 0.25) is 0 Å². The number of allylic oxidation sites excluding steroid dienone is 11. The SMILES string of the molecule is CC.CC.CC1=CC=CCC1.CC1C=C(OC2=CC=CCC2)C=C(O)C1. The van der Waals surface area contributed by atoms with E-state index < -0.39 is 0 Å². The Morgan fingerprint density at radius 3 is 2.00 bits per heavy atom. The first-order chi connectivity index (χ1) is 12.6. The van der Waals surface area contributed by atoms with Crippen molar-refractivity contribution in [2.24, 2.45) is 5.92 Å². The summed E-state index contributed by atoms with van der Waals surface area (Å²) in [4.78, 5) is 0. The summed E-state index contributed by atoms with van der Waals surface area (Å²) in [6.07, 6.45) is 21.6. The average molecular weight is 359 g/mol. The van der Waals surface area contributed by atoms with Crippen molar-refractivity contribution in [1.29, 1.82) is 0 Å². The minimum Gasteiger partial charge on any atom is -0.512 e. The van der Waals surface area contributed by atoms with Gasteiger partial charge in [0.1, 0.15) is 11.5 Å². The largest absolute Gasteiger partial charge is 0.512 e. The molecule has 0 saturated heterocycles. The van der Waals surface area contributed by atoms with Gasteiger partial charge in [0.15, 0.2) is 0 Å². The van der Waals surface area contributed by atoms with Crippen LogP contribution in [0.25, 0.3) is 0 Å². The summed E-state index contributed by atoms with van der Waals surface area (Å²) in [5, 5.41) is 9.49. The molecule has 3 aliphatic carbocycles. The molecule has 3 aliphatic rings. The van der Waals surface area contributed by atoms with Gasteiger partial charge in [-0.05, 0) is 44.3 Å². The molecule has 0 bridgehead atoms. The zero-order chi connectivity index (χ0) is 19.8. The van der Waals surface area contributed by atoms with Crippen molar-refractivity contribution < 1.29 is 9.84 Å². The molecule has 0 saturated carbocycles. The van der Waals surface area contributed by atoms with Crippen molar-refractivity contribution in [1.82, 2.24) is 0 Å². The van der Waals surface area contributed by atoms with Crippen molar-refractivity contribution in [3.8, 4) is 0 Å². The van der Waals surface area contributed by atoms with Crippen LogP contribution < -0.4 is 0 Å². The molecule has 1 N–H and O–H groups in total. The number of ether oxygens (including phenoxy) is 1. The first kappa shape index (κ1) is 24.0. The van der Waals surface area contributed by atoms with Crippen LogP contribution in [-0.2, 0) is 4.74 Å². The second-order valence-corrected chi connectivity index (χ2v) is 6.07. The minimum atomic E-state index is 0.352. The topological polar surface area (TPSA) is 29.5 Å². The molecule has 26 heavy (non-hydrogen) atoms. The molecule has 3 rings (SSSR count). The van der Waals surface area contributed by atoms with E-state index in [2.05, 4.69) is 44.2 Å². The van der Waals surface area contributed by atoms with Crippen LogP contribution in [0.15, 0.2) is 71.5 Å². The molecule has 1 unspecified atom stereocenters. The molecule has 0 aliphatic heterocycles. The average Bonchev–Trinajstić information content (AvgIpc) is 2.66. The lowest BCUT2D eigenvalue weighted by Gasteiger charge is -2.17. The predicted molar refractivity (Wildman–Crippen MR) is 115 cm³/mol. The predicted octanol–water partition coefficient (Wildman–Crippen LogP) is 7.94. The molecule has 0 fully saturated rings. The molecule has 0 aromatic heterocycles. The van der Waals surface area contributed by atoms with Crippen molar-refractivity contribution in [3.63, 3.8) is 0 Å². The standard InChI is InChI=1S/C13H16O2.C7H10.2C2H6/c1-10-7-11(14)9-13(8-10)15-12-5-3-2-4-6-12;1-7-5-3-2-4-6-7;2*1-2/h2-3,5,8-10,14H,4,6-7H2,1H3;2-3,5H,4,6H2,1H3;2*1-2H3. The molecule has 2 nitrogen and oxygen atoms in total. The summed E-state index contributed by atoms with van der Waals surface area (Å²) in [5.41, 5.74) is 1.50. The number of rotatable bonds is 2. The Morgan fingerprint density at radius 1 is 0.962 bits per heavy atom. The number of hydrogen-bond acceptors (Lipinski definition) is 2. The zero-order valence-electron chi connectivity index (χ0n) is 17.6. The first-order valence-electron chi connectivity index (χ1n) is 10.1. The molecular weight excluding hydrogens is 320 g/mol. The third-order valence-corrected chi connectivity index (χ3v) is 3.74. The van der Waals surface area contributed by atoms with Crippen molar-refractivity contribution in [2.45, 2.75) is 73.6 Å². The highest BCUT2D eigenvalue weighted by Crippen LogP contribution is 2.25. The Hall–Kier alpha value is -1.96. The van der Waals surface area contributed by atoms with E-state index in [9.17, 15) is 5.11 Å². The van der Waals surface area contributed by atoms with Gasteiger partial charge < -0.3 is 9.84 Å². The molecule has 1 atom stereocenters. The molecule has 0 spiro atoms. The third kappa shape index (κ3) is 10.8. The van der Waals surface area contributed by atoms with Gasteiger partial charge in [-0.1, -0.05) is 70.6 Å². The molecule has 0 amide bonds. The molecule has 0 aromatic rings. The number of hydrogen-bond donors (Lipinski definition) is 1. The zero-order valence-corrected chi connectivity index (χ0v) is 17.6. The van der Waals surface area contributed by atoms with E-state index in [1.165, 1.54) is 18.4 Å². The van der Waals surface area contributed by atoms with Gasteiger partial charge in [0.05, 0.1) is 5.76 Å². The highest BCUT2D eigenvalue weighted by atomic mass is 16.5. The molecule has 0 radical (unpaired) electrons. The van der Waals surface area contributed by atoms with E-state index in [4.69, 9.17) is 4.74 Å². The van der Waals surface area contributed by atoms with Gasteiger partial charge in [-0.15, -0.1) is 0 Å². The molecule has 0 aromatic carbocycles. The monoisotopic (exact) mass is 358 g/mol. The fourth-order valence-corrected chi connectivity index (χ4v) is 2.54. The maximum absolute atomic E-state index is 9.49. The maximum atomic E-state index is 9.49. The highest BCUT2D eigenvalue weighted by Gasteiger charge is 2.13. The highest BCUT2D eigenvalue weighted by molar-refractivity contribution is 5.24. The van der Waals surface area contributed by atoms with E-state index in [0.29, 0.717) is 18.1 Å². The Balaban J connectivity index is 0.000000477. The first-order valence-corrected chi connectivity index (χ1v) is 10.1. The van der Waals surface area contributed by atoms with Crippen LogP contribution in [0.1, 0.15) is 73.6 Å². The quantitative estimate of drug-likeness (QED) is 0.543. The van der Waals surface area contributed by atoms with E-state index in [1.807, 2.05) is 39.8 Å². The smallest absolute Gasteiger partial charge is 0.126 e. The van der Waals surface area contributed by atoms with Crippen molar-refractivity contribution in [3.05, 3.63) is 71.5 Å². The van der Waals surface area contributed by atoms with Crippen LogP contribution in [0.5, 0.6) is 0 Å². The van der Waals surface area contributed by atoms with Crippen molar-refractivity contribution in [2.75, 3.05) is 0 Å². The van der Waals surface area contributed by atoms with Crippen LogP contribution in [0.3, 0.4) is 0 Å². The van der Waals surface area contributed by atoms with E-state index in [-0.39, 0.29) is 0 Å². The Morgan fingerprint density at radius 2 is 1.58 bits per heavy atom. The van der Waals surface area contributed by atoms with Crippen molar-refractivity contribution >= 4 is 0 Å². The number of aliphatic hydroxyl groups is 1. The summed E-state index contributed by atoms with van der Waals surface area (Å²) in [5.74, 6) is 2.51. The molecule has 146 valence electrons. The maximum Gasteiger partial charge on any atom is 0.126 e. The number of aliphatic hydroxyl groups excluding tert-OH is 1. The van der Waals surface area contributed by atoms with Gasteiger partial charge >= 0.3 is 0 Å². The van der Waals surface area contributed by atoms with Gasteiger partial charge in [0, 0.05) is 18.9 Å². The van der Waals surface area contributed by atoms with Crippen LogP contribution in [0.4, 0.5) is 0 Å². The second-order valence-electron chi connectivity index (χ2n) is 6.07. The van der Waals surface area contributed by atoms with Gasteiger partial charge in [-0.2, -0.15) is 0 Å². The summed E-state index contributed by atoms with van der Waals surface area (Å²) < 4.78 is 5.71. The lowest BCUT2D eigenvalue weighted by Crippen LogP contribution is -2.04. The van der Waals surface area contributed by atoms with Gasteiger partial charge in [-0.3, -0.25) is 0 Å². The van der Waals surface area contributed by atoms with E-state index in [1.54, 1.807) is 6.08 Å². The van der Waals surface area contributed by atoms with E-state index >= 15 is 0 Å². The summed E-state index contributed by atoms with van der Waals surface area (Å²) in [6.45, 7) is 12.2. The lowest BCUT2D eigenvalue weighted by atomic mass is 10.0. The molecule has 2 heteroatoms. The van der Waals surface area contributed by atoms with Gasteiger partial charge in [0.25, 0.3) is 0 Å². The minimum absolute atomic E-state index is 0.352. The Bertz CT molecular complexity index is 557. The fraction of sp³-hybridized carbons (Fsp3) is 0.500. The van der Waals surface area contributed by atoms with Crippen LogP contribution in [0, 0.1) is 5.92 Å². The lowest BCUT2D eigenvalue weighted by molar-refractivity contribution is 0.284. The van der Waals surface area contributed by atoms with Crippen LogP contribution in [-0.4, -0.2) is 5.11 Å².